The summed E-state index contributed by atoms with van der Waals surface area (Å²) in [6.07, 6.45) is 3.77. The van der Waals surface area contributed by atoms with E-state index in [9.17, 15) is 0 Å². The molecule has 3 heteroatoms. The molecule has 0 bridgehead atoms. The molecule has 0 aliphatic carbocycles. The van der Waals surface area contributed by atoms with Crippen molar-refractivity contribution in [2.45, 2.75) is 18.9 Å². The highest BCUT2D eigenvalue weighted by Gasteiger charge is 2.10. The van der Waals surface area contributed by atoms with Gasteiger partial charge in [-0.1, -0.05) is 30.3 Å². The molecule has 0 saturated heterocycles. The van der Waals surface area contributed by atoms with Gasteiger partial charge in [-0.15, -0.1) is 0 Å². The van der Waals surface area contributed by atoms with Crippen molar-refractivity contribution in [1.29, 1.82) is 0 Å². The molecule has 1 atom stereocenters. The molecule has 108 valence electrons. The van der Waals surface area contributed by atoms with Gasteiger partial charge in [0.2, 0.25) is 0 Å². The van der Waals surface area contributed by atoms with Gasteiger partial charge in [-0.05, 0) is 42.2 Å². The lowest BCUT2D eigenvalue weighted by Crippen LogP contribution is -2.25. The first-order valence-electron chi connectivity index (χ1n) is 7.20. The SMILES string of the molecule is COc1cccc(CC(N)Cc2c[nH]c3ccccc23)c1. The Bertz CT molecular complexity index is 733. The monoisotopic (exact) mass is 280 g/mol. The molecule has 2 aromatic carbocycles. The Hall–Kier alpha value is -2.26. The highest BCUT2D eigenvalue weighted by atomic mass is 16.5. The van der Waals surface area contributed by atoms with Gasteiger partial charge in [0, 0.05) is 23.1 Å². The summed E-state index contributed by atoms with van der Waals surface area (Å²) in [5.74, 6) is 0.881. The molecule has 0 aliphatic heterocycles. The molecule has 3 rings (SSSR count). The normalized spacial score (nSPS) is 12.5. The third kappa shape index (κ3) is 3.09. The second kappa shape index (κ2) is 6.02. The number of aromatic nitrogens is 1. The van der Waals surface area contributed by atoms with E-state index in [-0.39, 0.29) is 6.04 Å². The Kier molecular flexibility index (Phi) is 3.93. The number of para-hydroxylation sites is 1. The summed E-state index contributed by atoms with van der Waals surface area (Å²) in [5, 5.41) is 1.26. The number of benzene rings is 2. The van der Waals surface area contributed by atoms with Crippen molar-refractivity contribution in [3.8, 4) is 5.75 Å². The molecule has 1 aromatic heterocycles. The van der Waals surface area contributed by atoms with Crippen LogP contribution in [0.15, 0.2) is 54.7 Å². The van der Waals surface area contributed by atoms with E-state index in [0.29, 0.717) is 0 Å². The maximum atomic E-state index is 6.32. The predicted octanol–water partition coefficient (Wildman–Crippen LogP) is 3.29. The fourth-order valence-corrected chi connectivity index (χ4v) is 2.76. The summed E-state index contributed by atoms with van der Waals surface area (Å²) >= 11 is 0. The summed E-state index contributed by atoms with van der Waals surface area (Å²) in [6.45, 7) is 0. The van der Waals surface area contributed by atoms with E-state index < -0.39 is 0 Å². The first-order chi connectivity index (χ1) is 10.3. The van der Waals surface area contributed by atoms with Crippen LogP contribution >= 0.6 is 0 Å². The number of rotatable bonds is 5. The van der Waals surface area contributed by atoms with Crippen molar-refractivity contribution < 1.29 is 4.74 Å². The van der Waals surface area contributed by atoms with Crippen LogP contribution in [0.25, 0.3) is 10.9 Å². The lowest BCUT2D eigenvalue weighted by Gasteiger charge is -2.12. The van der Waals surface area contributed by atoms with Gasteiger partial charge >= 0.3 is 0 Å². The van der Waals surface area contributed by atoms with Crippen molar-refractivity contribution >= 4 is 10.9 Å². The number of hydrogen-bond donors (Lipinski definition) is 2. The van der Waals surface area contributed by atoms with Crippen LogP contribution in [0.4, 0.5) is 0 Å². The van der Waals surface area contributed by atoms with Gasteiger partial charge in [0.25, 0.3) is 0 Å². The van der Waals surface area contributed by atoms with Crippen LogP contribution in [0.5, 0.6) is 5.75 Å². The van der Waals surface area contributed by atoms with Gasteiger partial charge in [-0.2, -0.15) is 0 Å². The number of fused-ring (bicyclic) bond motifs is 1. The maximum absolute atomic E-state index is 6.32. The zero-order valence-corrected chi connectivity index (χ0v) is 12.2. The van der Waals surface area contributed by atoms with Crippen molar-refractivity contribution in [3.05, 3.63) is 65.9 Å². The molecule has 1 heterocycles. The summed E-state index contributed by atoms with van der Waals surface area (Å²) in [7, 11) is 1.69. The summed E-state index contributed by atoms with van der Waals surface area (Å²) in [5.41, 5.74) is 9.98. The summed E-state index contributed by atoms with van der Waals surface area (Å²) in [4.78, 5) is 3.30. The average Bonchev–Trinajstić information content (AvgIpc) is 2.91. The Balaban J connectivity index is 1.72. The maximum Gasteiger partial charge on any atom is 0.119 e. The highest BCUT2D eigenvalue weighted by molar-refractivity contribution is 5.83. The van der Waals surface area contributed by atoms with E-state index in [2.05, 4.69) is 41.5 Å². The minimum absolute atomic E-state index is 0.0938. The minimum atomic E-state index is 0.0938. The molecule has 1 unspecified atom stereocenters. The Morgan fingerprint density at radius 3 is 2.81 bits per heavy atom. The lowest BCUT2D eigenvalue weighted by molar-refractivity contribution is 0.414. The number of ether oxygens (including phenoxy) is 1. The van der Waals surface area contributed by atoms with Crippen molar-refractivity contribution in [2.75, 3.05) is 7.11 Å². The fraction of sp³-hybridized carbons (Fsp3) is 0.222. The van der Waals surface area contributed by atoms with Crippen molar-refractivity contribution in [2.24, 2.45) is 5.73 Å². The third-order valence-electron chi connectivity index (χ3n) is 3.79. The van der Waals surface area contributed by atoms with Gasteiger partial charge in [0.1, 0.15) is 5.75 Å². The molecule has 0 radical (unpaired) electrons. The second-order valence-corrected chi connectivity index (χ2v) is 5.38. The number of hydrogen-bond acceptors (Lipinski definition) is 2. The van der Waals surface area contributed by atoms with E-state index in [4.69, 9.17) is 10.5 Å². The molecule has 0 amide bonds. The van der Waals surface area contributed by atoms with E-state index in [1.165, 1.54) is 22.0 Å². The zero-order chi connectivity index (χ0) is 14.7. The molecule has 3 N–H and O–H groups in total. The van der Waals surface area contributed by atoms with Gasteiger partial charge in [0.15, 0.2) is 0 Å². The smallest absolute Gasteiger partial charge is 0.119 e. The fourth-order valence-electron chi connectivity index (χ4n) is 2.76. The average molecular weight is 280 g/mol. The molecule has 21 heavy (non-hydrogen) atoms. The molecule has 0 spiro atoms. The Morgan fingerprint density at radius 2 is 1.95 bits per heavy atom. The first-order valence-corrected chi connectivity index (χ1v) is 7.20. The Morgan fingerprint density at radius 1 is 1.10 bits per heavy atom. The van der Waals surface area contributed by atoms with Crippen LogP contribution in [0, 0.1) is 0 Å². The summed E-state index contributed by atoms with van der Waals surface area (Å²) < 4.78 is 5.25. The number of nitrogens with two attached hydrogens (primary N) is 1. The largest absolute Gasteiger partial charge is 0.497 e. The van der Waals surface area contributed by atoms with Crippen LogP contribution in [0.2, 0.25) is 0 Å². The topological polar surface area (TPSA) is 51.0 Å². The molecular formula is C18H20N2O. The van der Waals surface area contributed by atoms with E-state index >= 15 is 0 Å². The molecular weight excluding hydrogens is 260 g/mol. The number of nitrogens with one attached hydrogen (secondary N) is 1. The highest BCUT2D eigenvalue weighted by Crippen LogP contribution is 2.20. The molecule has 3 nitrogen and oxygen atoms in total. The van der Waals surface area contributed by atoms with Crippen molar-refractivity contribution in [1.82, 2.24) is 4.98 Å². The zero-order valence-electron chi connectivity index (χ0n) is 12.2. The Labute approximate surface area is 124 Å². The third-order valence-corrected chi connectivity index (χ3v) is 3.79. The minimum Gasteiger partial charge on any atom is -0.497 e. The summed E-state index contributed by atoms with van der Waals surface area (Å²) in [6, 6.07) is 16.5. The van der Waals surface area contributed by atoms with Gasteiger partial charge < -0.3 is 15.5 Å². The lowest BCUT2D eigenvalue weighted by atomic mass is 9.99. The predicted molar refractivity (Wildman–Crippen MR) is 86.7 cm³/mol. The van der Waals surface area contributed by atoms with E-state index in [0.717, 1.165) is 18.6 Å². The quantitative estimate of drug-likeness (QED) is 0.753. The van der Waals surface area contributed by atoms with Crippen LogP contribution in [-0.2, 0) is 12.8 Å². The molecule has 3 aromatic rings. The molecule has 0 saturated carbocycles. The van der Waals surface area contributed by atoms with Gasteiger partial charge in [0.05, 0.1) is 7.11 Å². The van der Waals surface area contributed by atoms with Gasteiger partial charge in [-0.25, -0.2) is 0 Å². The molecule has 0 fully saturated rings. The molecule has 0 aliphatic rings. The van der Waals surface area contributed by atoms with Crippen molar-refractivity contribution in [3.63, 3.8) is 0 Å². The second-order valence-electron chi connectivity index (χ2n) is 5.38. The van der Waals surface area contributed by atoms with Crippen LogP contribution in [-0.4, -0.2) is 18.1 Å². The van der Waals surface area contributed by atoms with Gasteiger partial charge in [-0.3, -0.25) is 0 Å². The van der Waals surface area contributed by atoms with Crippen LogP contribution in [0.1, 0.15) is 11.1 Å². The number of H-pyrrole nitrogens is 1. The number of aromatic amines is 1. The number of methoxy groups -OCH3 is 1. The van der Waals surface area contributed by atoms with Crippen LogP contribution in [0.3, 0.4) is 0 Å². The van der Waals surface area contributed by atoms with E-state index in [1.54, 1.807) is 7.11 Å². The van der Waals surface area contributed by atoms with E-state index in [1.807, 2.05) is 18.2 Å². The first kappa shape index (κ1) is 13.7. The standard InChI is InChI=1S/C18H20N2O/c1-21-16-6-4-5-13(10-16)9-15(19)11-14-12-20-18-8-3-2-7-17(14)18/h2-8,10,12,15,20H,9,11,19H2,1H3. The van der Waals surface area contributed by atoms with Crippen LogP contribution < -0.4 is 10.5 Å².